The van der Waals surface area contributed by atoms with Crippen molar-refractivity contribution >= 4 is 10.9 Å². The number of hydrogen-bond acceptors (Lipinski definition) is 0. The van der Waals surface area contributed by atoms with Crippen LogP contribution in [-0.2, 0) is 16.3 Å². The molecule has 17 heavy (non-hydrogen) atoms. The van der Waals surface area contributed by atoms with E-state index in [0.717, 1.165) is 5.92 Å². The predicted octanol–water partition coefficient (Wildman–Crippen LogP) is 4.39. The maximum absolute atomic E-state index is 2.39. The average Bonchev–Trinajstić information content (AvgIpc) is 2.29. The van der Waals surface area contributed by atoms with E-state index in [2.05, 4.69) is 52.0 Å². The molecule has 0 amide bonds. The molecule has 94 valence electrons. The zero-order valence-electron chi connectivity index (χ0n) is 11.6. The topological polar surface area (TPSA) is 0 Å². The summed E-state index contributed by atoms with van der Waals surface area (Å²) in [6.45, 7) is 9.25. The van der Waals surface area contributed by atoms with Gasteiger partial charge in [-0.1, -0.05) is 39.8 Å². The monoisotopic (exact) mass is 249 g/mol. The van der Waals surface area contributed by atoms with Crippen molar-refractivity contribution in [1.82, 2.24) is 0 Å². The molecule has 0 aliphatic carbocycles. The lowest BCUT2D eigenvalue weighted by Crippen LogP contribution is -2.22. The molecule has 1 heterocycles. The molecule has 1 aliphatic rings. The average molecular weight is 249 g/mol. The Bertz CT molecular complexity index is 350. The highest BCUT2D eigenvalue weighted by atomic mass is 32.2. The Morgan fingerprint density at radius 3 is 2.00 bits per heavy atom. The lowest BCUT2D eigenvalue weighted by molar-refractivity contribution is 0.537. The van der Waals surface area contributed by atoms with Crippen LogP contribution in [0, 0.1) is 5.92 Å². The third-order valence-corrected chi connectivity index (χ3v) is 6.16. The Kier molecular flexibility index (Phi) is 3.87. The van der Waals surface area contributed by atoms with Gasteiger partial charge in [-0.05, 0) is 41.9 Å². The molecule has 0 spiro atoms. The standard InChI is InChI=1S/C16H25S/c1-13-9-11-17(12-10-13)15-7-5-14(6-8-15)16(2,3)4/h5-8,13H,9-12H2,1-4H3/q+1. The molecule has 0 nitrogen and oxygen atoms in total. The molecular weight excluding hydrogens is 224 g/mol. The first-order chi connectivity index (χ1) is 7.97. The summed E-state index contributed by atoms with van der Waals surface area (Å²) < 4.78 is 0. The highest BCUT2D eigenvalue weighted by Gasteiger charge is 2.28. The smallest absolute Gasteiger partial charge is 0.0622 e. The molecule has 0 N–H and O–H groups in total. The van der Waals surface area contributed by atoms with Gasteiger partial charge in [-0.25, -0.2) is 0 Å². The molecule has 0 saturated carbocycles. The van der Waals surface area contributed by atoms with Crippen LogP contribution in [0.1, 0.15) is 46.1 Å². The van der Waals surface area contributed by atoms with Crippen molar-refractivity contribution in [3.63, 3.8) is 0 Å². The van der Waals surface area contributed by atoms with Crippen molar-refractivity contribution in [3.8, 4) is 0 Å². The van der Waals surface area contributed by atoms with Crippen LogP contribution in [0.4, 0.5) is 0 Å². The summed E-state index contributed by atoms with van der Waals surface area (Å²) in [5.74, 6) is 3.78. The van der Waals surface area contributed by atoms with Crippen LogP contribution in [0.5, 0.6) is 0 Å². The summed E-state index contributed by atoms with van der Waals surface area (Å²) in [4.78, 5) is 1.59. The number of benzene rings is 1. The fourth-order valence-electron chi connectivity index (χ4n) is 2.32. The second kappa shape index (κ2) is 5.06. The van der Waals surface area contributed by atoms with Crippen LogP contribution >= 0.6 is 0 Å². The van der Waals surface area contributed by atoms with Crippen molar-refractivity contribution in [2.45, 2.75) is 50.8 Å². The highest BCUT2D eigenvalue weighted by molar-refractivity contribution is 7.96. The van der Waals surface area contributed by atoms with E-state index in [-0.39, 0.29) is 5.41 Å². The van der Waals surface area contributed by atoms with E-state index in [0.29, 0.717) is 10.9 Å². The second-order valence-electron chi connectivity index (χ2n) is 6.36. The van der Waals surface area contributed by atoms with Gasteiger partial charge in [0.25, 0.3) is 0 Å². The molecule has 2 rings (SSSR count). The zero-order chi connectivity index (χ0) is 12.5. The molecule has 1 heteroatoms. The third-order valence-electron chi connectivity index (χ3n) is 3.77. The van der Waals surface area contributed by atoms with Gasteiger partial charge >= 0.3 is 0 Å². The van der Waals surface area contributed by atoms with Crippen LogP contribution in [0.25, 0.3) is 0 Å². The van der Waals surface area contributed by atoms with Gasteiger partial charge in [-0.15, -0.1) is 0 Å². The number of rotatable bonds is 1. The first-order valence-electron chi connectivity index (χ1n) is 6.75. The molecule has 1 fully saturated rings. The van der Waals surface area contributed by atoms with Gasteiger partial charge in [0.2, 0.25) is 0 Å². The van der Waals surface area contributed by atoms with Gasteiger partial charge in [0, 0.05) is 10.9 Å². The molecular formula is C16H25S+. The molecule has 0 unspecified atom stereocenters. The minimum atomic E-state index is 0.280. The Morgan fingerprint density at radius 2 is 1.53 bits per heavy atom. The van der Waals surface area contributed by atoms with Crippen molar-refractivity contribution < 1.29 is 0 Å². The Hall–Kier alpha value is -0.430. The van der Waals surface area contributed by atoms with E-state index in [4.69, 9.17) is 0 Å². The molecule has 0 bridgehead atoms. The summed E-state index contributed by atoms with van der Waals surface area (Å²) in [6.07, 6.45) is 2.84. The van der Waals surface area contributed by atoms with Gasteiger partial charge in [-0.2, -0.15) is 0 Å². The molecule has 1 aromatic carbocycles. The van der Waals surface area contributed by atoms with Gasteiger partial charge < -0.3 is 0 Å². The Morgan fingerprint density at radius 1 is 1.00 bits per heavy atom. The van der Waals surface area contributed by atoms with Crippen LogP contribution in [-0.4, -0.2) is 11.5 Å². The fraction of sp³-hybridized carbons (Fsp3) is 0.625. The lowest BCUT2D eigenvalue weighted by atomic mass is 9.87. The van der Waals surface area contributed by atoms with E-state index in [9.17, 15) is 0 Å². The molecule has 0 aromatic heterocycles. The van der Waals surface area contributed by atoms with Crippen molar-refractivity contribution in [1.29, 1.82) is 0 Å². The van der Waals surface area contributed by atoms with Crippen molar-refractivity contribution in [2.24, 2.45) is 5.92 Å². The van der Waals surface area contributed by atoms with E-state index in [1.807, 2.05) is 0 Å². The quantitative estimate of drug-likeness (QED) is 0.648. The van der Waals surface area contributed by atoms with Crippen molar-refractivity contribution in [3.05, 3.63) is 29.8 Å². The van der Waals surface area contributed by atoms with Crippen molar-refractivity contribution in [2.75, 3.05) is 11.5 Å². The Labute approximate surface area is 109 Å². The summed E-state index contributed by atoms with van der Waals surface area (Å²) in [7, 11) is 0.536. The lowest BCUT2D eigenvalue weighted by Gasteiger charge is -2.21. The minimum Gasteiger partial charge on any atom is -0.0622 e. The molecule has 1 aliphatic heterocycles. The van der Waals surface area contributed by atoms with Gasteiger partial charge in [0.05, 0.1) is 0 Å². The summed E-state index contributed by atoms with van der Waals surface area (Å²) >= 11 is 0. The maximum atomic E-state index is 2.39. The largest absolute Gasteiger partial charge is 0.154 e. The van der Waals surface area contributed by atoms with Gasteiger partial charge in [0.15, 0.2) is 4.90 Å². The maximum Gasteiger partial charge on any atom is 0.154 e. The van der Waals surface area contributed by atoms with E-state index >= 15 is 0 Å². The van der Waals surface area contributed by atoms with E-state index in [1.165, 1.54) is 29.9 Å². The van der Waals surface area contributed by atoms with Crippen LogP contribution in [0.3, 0.4) is 0 Å². The van der Waals surface area contributed by atoms with Gasteiger partial charge in [-0.3, -0.25) is 0 Å². The van der Waals surface area contributed by atoms with Crippen LogP contribution < -0.4 is 0 Å². The fourth-order valence-corrected chi connectivity index (χ4v) is 4.89. The first-order valence-corrected chi connectivity index (χ1v) is 8.31. The van der Waals surface area contributed by atoms with Crippen LogP contribution in [0.15, 0.2) is 29.2 Å². The molecule has 1 saturated heterocycles. The molecule has 1 aromatic rings. The molecule has 0 radical (unpaired) electrons. The van der Waals surface area contributed by atoms with Crippen LogP contribution in [0.2, 0.25) is 0 Å². The van der Waals surface area contributed by atoms with E-state index in [1.54, 1.807) is 4.90 Å². The molecule has 0 atom stereocenters. The zero-order valence-corrected chi connectivity index (χ0v) is 12.4. The second-order valence-corrected chi connectivity index (χ2v) is 8.63. The number of hydrogen-bond donors (Lipinski definition) is 0. The predicted molar refractivity (Wildman–Crippen MR) is 78.9 cm³/mol. The Balaban J connectivity index is 2.08. The SMILES string of the molecule is CC1CC[S+](c2ccc(C(C)(C)C)cc2)CC1. The first kappa shape index (κ1) is 13.0. The van der Waals surface area contributed by atoms with Gasteiger partial charge in [0.1, 0.15) is 11.5 Å². The minimum absolute atomic E-state index is 0.280. The summed E-state index contributed by atoms with van der Waals surface area (Å²) in [5.41, 5.74) is 1.73. The normalized spacial score (nSPS) is 25.9. The van der Waals surface area contributed by atoms with E-state index < -0.39 is 0 Å². The summed E-state index contributed by atoms with van der Waals surface area (Å²) in [6, 6.07) is 9.42. The highest BCUT2D eigenvalue weighted by Crippen LogP contribution is 2.28. The summed E-state index contributed by atoms with van der Waals surface area (Å²) in [5, 5.41) is 0. The third kappa shape index (κ3) is 3.28.